The minimum Gasteiger partial charge on any atom is -0.493 e. The predicted octanol–water partition coefficient (Wildman–Crippen LogP) is 10.1. The molecule has 4 aliphatic heterocycles. The van der Waals surface area contributed by atoms with Crippen molar-refractivity contribution < 1.29 is 72.0 Å². The highest BCUT2D eigenvalue weighted by molar-refractivity contribution is 14.1. The van der Waals surface area contributed by atoms with E-state index in [-0.39, 0.29) is 43.4 Å². The van der Waals surface area contributed by atoms with Gasteiger partial charge in [-0.2, -0.15) is 0 Å². The summed E-state index contributed by atoms with van der Waals surface area (Å²) in [7, 11) is 6.68. The Morgan fingerprint density at radius 3 is 2.17 bits per heavy atom. The molecule has 0 bridgehead atoms. The van der Waals surface area contributed by atoms with Crippen LogP contribution >= 0.6 is 57.6 Å². The van der Waals surface area contributed by atoms with E-state index in [1.165, 1.54) is 18.9 Å². The van der Waals surface area contributed by atoms with Gasteiger partial charge in [-0.25, -0.2) is 0 Å². The van der Waals surface area contributed by atoms with Gasteiger partial charge in [0.2, 0.25) is 0 Å². The number of aromatic nitrogens is 1. The Morgan fingerprint density at radius 1 is 0.880 bits per heavy atom. The summed E-state index contributed by atoms with van der Waals surface area (Å²) >= 11 is 16.9. The molecule has 0 radical (unpaired) electrons. The van der Waals surface area contributed by atoms with E-state index < -0.39 is 111 Å². The number of likely N-dealkylation sites (N-methyl/N-ethyl adjacent to an activating group) is 1. The second kappa shape index (κ2) is 28.9. The molecule has 2 N–H and O–H groups in total. The Labute approximate surface area is 520 Å². The zero-order valence-corrected chi connectivity index (χ0v) is 55.6. The largest absolute Gasteiger partial charge is 0.493 e. The number of pyridine rings is 1. The number of esters is 2. The number of thioether (sulfide) groups is 1. The molecule has 4 saturated heterocycles. The number of ketones is 1. The number of carbonyl (C=O) groups excluding carboxylic acids is 3. The number of fused-ring (bicyclic) bond motifs is 1. The van der Waals surface area contributed by atoms with Crippen LogP contribution in [0.2, 0.25) is 10.0 Å². The number of benzene rings is 1. The van der Waals surface area contributed by atoms with Gasteiger partial charge in [0.15, 0.2) is 33.8 Å². The van der Waals surface area contributed by atoms with E-state index in [0.717, 1.165) is 37.9 Å². The number of cyclic esters (lactones) is 1. The molecule has 7 rings (SSSR count). The Morgan fingerprint density at radius 2 is 1.54 bits per heavy atom. The molecule has 5 heterocycles. The van der Waals surface area contributed by atoms with Gasteiger partial charge in [0.25, 0.3) is 0 Å². The van der Waals surface area contributed by atoms with Gasteiger partial charge in [-0.15, -0.1) is 11.8 Å². The van der Waals surface area contributed by atoms with Crippen LogP contribution in [0.4, 0.5) is 5.69 Å². The zero-order chi connectivity index (χ0) is 61.0. The standard InChI is InChI=1S/C61H92Cl2IN3O15S/c1-32(2)30-66(12)44-24-34(4)76-57(50(44)69)80-54-36(6)51(79-47-27-59(9,74-14)53(70)38(8)77-47)37(7)55(71)81-58(64)61(11)48(35(5)49(68)33(3)26-60(54,10)75-15)52(56(72)82-61)83-23-22-67(31-41-42(62)28-65-29-43(41)63)39-20-21-45(73-13)46(25-39)78-40-18-16-17-19-40/h20-21,25,28-29,32-38,40,44,47-48,50-54,57-58,69-70H,16-19,22-24,26-27,30-31H2,1-15H3/t33-,34-,35-,36+,37-,38+,44+,47+,48+,50-,51+,52+,53+,54-,57+,58+,59-,60-,61+/m1/s1. The maximum atomic E-state index is 15.5. The fraction of sp³-hybridized carbons (Fsp3) is 0.770. The SMILES string of the molecule is COc1ccc(N(CCS[C@@H]2C(=O)O[C@@]3(C)[C@H]2[C@@H](C)C(=O)[C@H](C)C[C@@](C)(OC)[C@H](O[C@@H]2O[C@H](C)C[C@H](N(C)CC(C)C)[C@H]2O)[C@@H](C)[C@H](O[C@H]2C[C@@](C)(OC)[C@@H](O)[C@H](C)O2)[C@@H](C)C(=O)O[C@@H]3I)Cc2c(Cl)cncc2Cl)cc1OC1CCCC1. The van der Waals surface area contributed by atoms with E-state index in [9.17, 15) is 15.0 Å². The predicted molar refractivity (Wildman–Crippen MR) is 327 cm³/mol. The second-order valence-corrected chi connectivity index (χ2v) is 28.2. The minimum absolute atomic E-state index is 0.0653. The van der Waals surface area contributed by atoms with Crippen molar-refractivity contribution in [1.29, 1.82) is 0 Å². The molecule has 468 valence electrons. The van der Waals surface area contributed by atoms with Crippen LogP contribution in [-0.4, -0.2) is 173 Å². The second-order valence-electron chi connectivity index (χ2n) is 25.0. The van der Waals surface area contributed by atoms with Crippen molar-refractivity contribution in [2.75, 3.05) is 52.1 Å². The van der Waals surface area contributed by atoms with Crippen LogP contribution in [0.25, 0.3) is 0 Å². The quantitative estimate of drug-likeness (QED) is 0.0763. The Hall–Kier alpha value is -2.32. The number of Topliss-reactive ketones (excluding diaryl/α,β-unsaturated/α-hetero) is 1. The van der Waals surface area contributed by atoms with Gasteiger partial charge in [-0.3, -0.25) is 19.4 Å². The molecule has 18 nitrogen and oxygen atoms in total. The van der Waals surface area contributed by atoms with Gasteiger partial charge in [-0.1, -0.05) is 57.8 Å². The third-order valence-electron chi connectivity index (χ3n) is 18.3. The molecule has 83 heavy (non-hydrogen) atoms. The van der Waals surface area contributed by atoms with E-state index >= 15 is 9.59 Å². The fourth-order valence-electron chi connectivity index (χ4n) is 13.4. The van der Waals surface area contributed by atoms with Crippen LogP contribution in [0.5, 0.6) is 11.5 Å². The number of carbonyl (C=O) groups is 3. The average molecular weight is 1340 g/mol. The van der Waals surface area contributed by atoms with Gasteiger partial charge < -0.3 is 67.4 Å². The normalized spacial score (nSPS) is 37.7. The number of anilines is 1. The number of ether oxygens (including phenoxy) is 10. The molecule has 1 saturated carbocycles. The molecule has 22 heteroatoms. The first-order valence-electron chi connectivity index (χ1n) is 29.5. The average Bonchev–Trinajstić information content (AvgIpc) is 3.85. The lowest BCUT2D eigenvalue weighted by atomic mass is 9.72. The lowest BCUT2D eigenvalue weighted by Crippen LogP contribution is -2.61. The highest BCUT2D eigenvalue weighted by Gasteiger charge is 2.62. The summed E-state index contributed by atoms with van der Waals surface area (Å²) in [5.74, 6) is -3.60. The first-order chi connectivity index (χ1) is 39.1. The molecule has 5 aliphatic rings. The molecule has 0 unspecified atom stereocenters. The Bertz CT molecular complexity index is 2500. The van der Waals surface area contributed by atoms with E-state index in [0.29, 0.717) is 51.7 Å². The van der Waals surface area contributed by atoms with Crippen LogP contribution in [-0.2, 0) is 58.8 Å². The van der Waals surface area contributed by atoms with E-state index in [4.69, 9.17) is 70.6 Å². The van der Waals surface area contributed by atoms with Crippen LogP contribution in [0.15, 0.2) is 30.6 Å². The van der Waals surface area contributed by atoms with Crippen LogP contribution < -0.4 is 14.4 Å². The Kier molecular flexibility index (Phi) is 23.7. The molecule has 0 amide bonds. The number of rotatable bonds is 19. The van der Waals surface area contributed by atoms with Crippen molar-refractivity contribution in [2.45, 2.75) is 215 Å². The van der Waals surface area contributed by atoms with E-state index in [1.54, 1.807) is 54.3 Å². The molecule has 0 spiro atoms. The first kappa shape index (κ1) is 68.2. The van der Waals surface area contributed by atoms with Crippen LogP contribution in [0.3, 0.4) is 0 Å². The summed E-state index contributed by atoms with van der Waals surface area (Å²) < 4.78 is 63.6. The summed E-state index contributed by atoms with van der Waals surface area (Å²) in [6.45, 7) is 22.0. The topological polar surface area (TPSA) is 203 Å². The first-order valence-corrected chi connectivity index (χ1v) is 32.5. The summed E-state index contributed by atoms with van der Waals surface area (Å²) in [5.41, 5.74) is -2.42. The number of alkyl halides is 1. The van der Waals surface area contributed by atoms with Crippen molar-refractivity contribution in [3.8, 4) is 11.5 Å². The van der Waals surface area contributed by atoms with Gasteiger partial charge in [0, 0.05) is 105 Å². The maximum absolute atomic E-state index is 15.5. The number of aliphatic hydroxyl groups excluding tert-OH is 2. The van der Waals surface area contributed by atoms with E-state index in [1.807, 2.05) is 82.5 Å². The maximum Gasteiger partial charge on any atom is 0.320 e. The third-order valence-corrected chi connectivity index (χ3v) is 21.7. The summed E-state index contributed by atoms with van der Waals surface area (Å²) in [5, 5.41) is 23.4. The summed E-state index contributed by atoms with van der Waals surface area (Å²) in [4.78, 5) is 53.7. The number of hydrogen-bond donors (Lipinski definition) is 2. The summed E-state index contributed by atoms with van der Waals surface area (Å²) in [6.07, 6.45) is 0.698. The van der Waals surface area contributed by atoms with Crippen molar-refractivity contribution in [2.24, 2.45) is 35.5 Å². The third kappa shape index (κ3) is 15.4. The van der Waals surface area contributed by atoms with Crippen LogP contribution in [0.1, 0.15) is 127 Å². The van der Waals surface area contributed by atoms with Gasteiger partial charge in [0.05, 0.1) is 64.8 Å². The highest BCUT2D eigenvalue weighted by atomic mass is 127. The number of aliphatic hydroxyl groups is 2. The van der Waals surface area contributed by atoms with Crippen molar-refractivity contribution >= 4 is 81.0 Å². The van der Waals surface area contributed by atoms with Crippen LogP contribution in [0, 0.1) is 35.5 Å². The number of hydrogen-bond acceptors (Lipinski definition) is 19. The van der Waals surface area contributed by atoms with Crippen molar-refractivity contribution in [1.82, 2.24) is 9.88 Å². The molecular formula is C61H92Cl2IN3O15S. The molecule has 1 aromatic carbocycles. The Balaban J connectivity index is 1.25. The monoisotopic (exact) mass is 1340 g/mol. The van der Waals surface area contributed by atoms with Gasteiger partial charge >= 0.3 is 11.9 Å². The number of methoxy groups -OCH3 is 3. The highest BCUT2D eigenvalue weighted by Crippen LogP contribution is 2.51. The number of nitrogens with zero attached hydrogens (tertiary/aromatic N) is 3. The molecule has 1 aliphatic carbocycles. The molecule has 19 atom stereocenters. The lowest BCUT2D eigenvalue weighted by molar-refractivity contribution is -0.319. The van der Waals surface area contributed by atoms with Gasteiger partial charge in [-0.05, 0) is 128 Å². The molecule has 5 fully saturated rings. The molecule has 1 aromatic heterocycles. The fourth-order valence-corrected chi connectivity index (χ4v) is 16.2. The van der Waals surface area contributed by atoms with Gasteiger partial charge in [0.1, 0.15) is 23.2 Å². The van der Waals surface area contributed by atoms with E-state index in [2.05, 4.69) is 28.6 Å². The summed E-state index contributed by atoms with van der Waals surface area (Å²) in [6, 6.07) is 5.46. The molecular weight excluding hydrogens is 1240 g/mol. The zero-order valence-electron chi connectivity index (χ0n) is 51.1. The van der Waals surface area contributed by atoms with Crippen molar-refractivity contribution in [3.63, 3.8) is 0 Å². The number of halogens is 3. The lowest BCUT2D eigenvalue weighted by Gasteiger charge is -2.50. The minimum atomic E-state index is -1.50. The smallest absolute Gasteiger partial charge is 0.320 e. The van der Waals surface area contributed by atoms with Crippen molar-refractivity contribution in [3.05, 3.63) is 46.2 Å². The molecule has 2 aromatic rings.